The molecular formula is C8H14N2O3. The number of likely N-dealkylation sites (tertiary alicyclic amines) is 1. The van der Waals surface area contributed by atoms with Crippen LogP contribution in [0.25, 0.3) is 0 Å². The Morgan fingerprint density at radius 2 is 2.31 bits per heavy atom. The minimum Gasteiger partial charge on any atom is -0.480 e. The minimum atomic E-state index is -1.01. The Morgan fingerprint density at radius 1 is 1.62 bits per heavy atom. The van der Waals surface area contributed by atoms with Crippen molar-refractivity contribution in [2.75, 3.05) is 20.1 Å². The highest BCUT2D eigenvalue weighted by molar-refractivity contribution is 5.85. The number of hydrogen-bond donors (Lipinski definition) is 2. The number of rotatable bonds is 3. The molecule has 0 saturated carbocycles. The summed E-state index contributed by atoms with van der Waals surface area (Å²) in [5.41, 5.74) is 0. The van der Waals surface area contributed by atoms with Gasteiger partial charge in [-0.3, -0.25) is 14.5 Å². The number of aliphatic carboxylic acids is 1. The van der Waals surface area contributed by atoms with Crippen LogP contribution < -0.4 is 5.32 Å². The quantitative estimate of drug-likeness (QED) is 0.610. The zero-order valence-corrected chi connectivity index (χ0v) is 7.62. The first-order valence-corrected chi connectivity index (χ1v) is 4.31. The Kier molecular flexibility index (Phi) is 3.25. The van der Waals surface area contributed by atoms with Crippen molar-refractivity contribution >= 4 is 11.9 Å². The number of likely N-dealkylation sites (N-methyl/N-ethyl adjacent to an activating group) is 1. The number of carbonyl (C=O) groups excluding carboxylic acids is 1. The highest BCUT2D eigenvalue weighted by Gasteiger charge is 2.27. The third-order valence-corrected chi connectivity index (χ3v) is 2.24. The van der Waals surface area contributed by atoms with Crippen LogP contribution in [0, 0.1) is 0 Å². The predicted molar refractivity (Wildman–Crippen MR) is 46.3 cm³/mol. The fraction of sp³-hybridized carbons (Fsp3) is 0.750. The summed E-state index contributed by atoms with van der Waals surface area (Å²) in [5, 5.41) is 10.7. The molecule has 0 radical (unpaired) electrons. The van der Waals surface area contributed by atoms with Crippen molar-refractivity contribution in [1.82, 2.24) is 10.2 Å². The van der Waals surface area contributed by atoms with Crippen LogP contribution >= 0.6 is 0 Å². The van der Waals surface area contributed by atoms with Crippen LogP contribution in [0.1, 0.15) is 12.8 Å². The molecule has 0 aromatic carbocycles. The lowest BCUT2D eigenvalue weighted by molar-refractivity contribution is -0.138. The van der Waals surface area contributed by atoms with Gasteiger partial charge >= 0.3 is 5.97 Å². The monoisotopic (exact) mass is 186 g/mol. The highest BCUT2D eigenvalue weighted by atomic mass is 16.4. The van der Waals surface area contributed by atoms with Gasteiger partial charge in [0.25, 0.3) is 0 Å². The molecule has 5 nitrogen and oxygen atoms in total. The molecule has 1 aliphatic rings. The smallest absolute Gasteiger partial charge is 0.322 e. The van der Waals surface area contributed by atoms with Gasteiger partial charge in [0.1, 0.15) is 6.54 Å². The third-order valence-electron chi connectivity index (χ3n) is 2.24. The van der Waals surface area contributed by atoms with E-state index >= 15 is 0 Å². The lowest BCUT2D eigenvalue weighted by Crippen LogP contribution is -2.43. The summed E-state index contributed by atoms with van der Waals surface area (Å²) >= 11 is 0. The molecule has 5 heteroatoms. The normalized spacial score (nSPS) is 23.0. The molecule has 13 heavy (non-hydrogen) atoms. The van der Waals surface area contributed by atoms with Gasteiger partial charge in [0.15, 0.2) is 0 Å². The number of carboxylic acid groups (broad SMARTS) is 1. The average molecular weight is 186 g/mol. The minimum absolute atomic E-state index is 0.139. The molecule has 2 N–H and O–H groups in total. The molecule has 0 spiro atoms. The highest BCUT2D eigenvalue weighted by Crippen LogP contribution is 2.14. The standard InChI is InChI=1S/C8H14N2O3/c1-10-4-2-3-6(10)8(13)9-5-7(11)12/h6H,2-5H2,1H3,(H,9,13)(H,11,12). The molecule has 1 amide bonds. The number of carboxylic acids is 1. The molecule has 1 saturated heterocycles. The van der Waals surface area contributed by atoms with Gasteiger partial charge in [-0.05, 0) is 26.4 Å². The Balaban J connectivity index is 2.34. The number of hydrogen-bond acceptors (Lipinski definition) is 3. The second-order valence-corrected chi connectivity index (χ2v) is 3.25. The van der Waals surface area contributed by atoms with E-state index in [4.69, 9.17) is 5.11 Å². The van der Waals surface area contributed by atoms with Gasteiger partial charge in [0.05, 0.1) is 6.04 Å². The molecule has 0 aliphatic carbocycles. The number of amides is 1. The van der Waals surface area contributed by atoms with Crippen molar-refractivity contribution < 1.29 is 14.7 Å². The number of carbonyl (C=O) groups is 2. The SMILES string of the molecule is CN1CCCC1C(=O)NCC(=O)O. The molecule has 1 aliphatic heterocycles. The van der Waals surface area contributed by atoms with Crippen molar-refractivity contribution in [2.45, 2.75) is 18.9 Å². The summed E-state index contributed by atoms with van der Waals surface area (Å²) in [6.45, 7) is 0.619. The molecule has 0 aromatic rings. The van der Waals surface area contributed by atoms with E-state index < -0.39 is 5.97 Å². The van der Waals surface area contributed by atoms with E-state index in [1.54, 1.807) is 0 Å². The van der Waals surface area contributed by atoms with E-state index in [1.807, 2.05) is 11.9 Å². The molecule has 1 unspecified atom stereocenters. The Morgan fingerprint density at radius 3 is 2.77 bits per heavy atom. The maximum absolute atomic E-state index is 11.3. The van der Waals surface area contributed by atoms with Gasteiger partial charge < -0.3 is 10.4 Å². The second-order valence-electron chi connectivity index (χ2n) is 3.25. The second kappa shape index (κ2) is 4.23. The van der Waals surface area contributed by atoms with Crippen molar-refractivity contribution in [1.29, 1.82) is 0 Å². The lowest BCUT2D eigenvalue weighted by Gasteiger charge is -2.17. The van der Waals surface area contributed by atoms with Crippen LogP contribution in [-0.4, -0.2) is 48.1 Å². The van der Waals surface area contributed by atoms with Crippen LogP contribution in [0.15, 0.2) is 0 Å². The maximum atomic E-state index is 11.3. The Labute approximate surface area is 76.7 Å². The molecule has 1 atom stereocenters. The topological polar surface area (TPSA) is 69.6 Å². The van der Waals surface area contributed by atoms with Crippen LogP contribution in [-0.2, 0) is 9.59 Å². The van der Waals surface area contributed by atoms with Crippen molar-refractivity contribution in [3.05, 3.63) is 0 Å². The first-order chi connectivity index (χ1) is 6.11. The van der Waals surface area contributed by atoms with Gasteiger partial charge in [0.2, 0.25) is 5.91 Å². The largest absolute Gasteiger partial charge is 0.480 e. The summed E-state index contributed by atoms with van der Waals surface area (Å²) in [7, 11) is 1.87. The fourth-order valence-corrected chi connectivity index (χ4v) is 1.52. The zero-order valence-electron chi connectivity index (χ0n) is 7.62. The van der Waals surface area contributed by atoms with Crippen molar-refractivity contribution in [3.63, 3.8) is 0 Å². The average Bonchev–Trinajstić information content (AvgIpc) is 2.47. The van der Waals surface area contributed by atoms with Gasteiger partial charge in [0, 0.05) is 0 Å². The van der Waals surface area contributed by atoms with Crippen LogP contribution in [0.5, 0.6) is 0 Å². The molecule has 1 fully saturated rings. The summed E-state index contributed by atoms with van der Waals surface area (Å²) in [6.07, 6.45) is 1.82. The summed E-state index contributed by atoms with van der Waals surface area (Å²) in [6, 6.07) is -0.139. The van der Waals surface area contributed by atoms with E-state index in [0.29, 0.717) is 0 Å². The third kappa shape index (κ3) is 2.69. The molecule has 1 heterocycles. The first kappa shape index (κ1) is 9.98. The molecule has 1 rings (SSSR count). The molecular weight excluding hydrogens is 172 g/mol. The molecule has 0 bridgehead atoms. The van der Waals surface area contributed by atoms with Crippen LogP contribution in [0.4, 0.5) is 0 Å². The number of nitrogens with zero attached hydrogens (tertiary/aromatic N) is 1. The van der Waals surface area contributed by atoms with Gasteiger partial charge in [-0.1, -0.05) is 0 Å². The van der Waals surface area contributed by atoms with Crippen molar-refractivity contribution in [3.8, 4) is 0 Å². The van der Waals surface area contributed by atoms with E-state index in [9.17, 15) is 9.59 Å². The first-order valence-electron chi connectivity index (χ1n) is 4.31. The predicted octanol–water partition coefficient (Wildman–Crippen LogP) is -0.719. The van der Waals surface area contributed by atoms with Crippen LogP contribution in [0.2, 0.25) is 0 Å². The molecule has 74 valence electrons. The van der Waals surface area contributed by atoms with Gasteiger partial charge in [-0.25, -0.2) is 0 Å². The maximum Gasteiger partial charge on any atom is 0.322 e. The van der Waals surface area contributed by atoms with Gasteiger partial charge in [-0.15, -0.1) is 0 Å². The van der Waals surface area contributed by atoms with E-state index in [2.05, 4.69) is 5.32 Å². The van der Waals surface area contributed by atoms with Crippen molar-refractivity contribution in [2.24, 2.45) is 0 Å². The lowest BCUT2D eigenvalue weighted by atomic mass is 10.2. The fourth-order valence-electron chi connectivity index (χ4n) is 1.52. The van der Waals surface area contributed by atoms with Gasteiger partial charge in [-0.2, -0.15) is 0 Å². The van der Waals surface area contributed by atoms with E-state index in [-0.39, 0.29) is 18.5 Å². The number of nitrogens with one attached hydrogen (secondary N) is 1. The Hall–Kier alpha value is -1.10. The van der Waals surface area contributed by atoms with E-state index in [1.165, 1.54) is 0 Å². The van der Waals surface area contributed by atoms with E-state index in [0.717, 1.165) is 19.4 Å². The zero-order chi connectivity index (χ0) is 9.84. The Bertz CT molecular complexity index is 217. The summed E-state index contributed by atoms with van der Waals surface area (Å²) in [5.74, 6) is -1.18. The summed E-state index contributed by atoms with van der Waals surface area (Å²) < 4.78 is 0. The summed E-state index contributed by atoms with van der Waals surface area (Å²) in [4.78, 5) is 23.5. The van der Waals surface area contributed by atoms with Crippen LogP contribution in [0.3, 0.4) is 0 Å². The molecule has 0 aromatic heterocycles.